The zero-order valence-electron chi connectivity index (χ0n) is 12.4. The summed E-state index contributed by atoms with van der Waals surface area (Å²) in [6.45, 7) is 1.84. The van der Waals surface area contributed by atoms with E-state index in [0.29, 0.717) is 22.4 Å². The fourth-order valence-corrected chi connectivity index (χ4v) is 2.15. The second-order valence-electron chi connectivity index (χ2n) is 5.00. The molecule has 5 heteroatoms. The second kappa shape index (κ2) is 6.27. The number of rotatable bonds is 3. The molecule has 0 saturated heterocycles. The molecule has 2 heterocycles. The second-order valence-corrected chi connectivity index (χ2v) is 5.00. The number of carbonyl (C=O) groups excluding carboxylic acids is 1. The van der Waals surface area contributed by atoms with E-state index in [9.17, 15) is 9.59 Å². The van der Waals surface area contributed by atoms with Crippen LogP contribution >= 0.6 is 0 Å². The number of anilines is 1. The van der Waals surface area contributed by atoms with Gasteiger partial charge in [-0.3, -0.25) is 9.59 Å². The molecule has 0 radical (unpaired) electrons. The van der Waals surface area contributed by atoms with Gasteiger partial charge in [0.25, 0.3) is 0 Å². The summed E-state index contributed by atoms with van der Waals surface area (Å²) in [5.74, 6) is 0.0980. The first-order valence-electron chi connectivity index (χ1n) is 7.07. The molecule has 0 aliphatic rings. The van der Waals surface area contributed by atoms with Crippen molar-refractivity contribution >= 4 is 28.8 Å². The Bertz CT molecular complexity index is 958. The van der Waals surface area contributed by atoms with E-state index < -0.39 is 0 Å². The quantitative estimate of drug-likeness (QED) is 0.754. The van der Waals surface area contributed by atoms with Crippen LogP contribution in [0, 0.1) is 6.92 Å². The molecular formula is C18H14N2O3. The molecule has 2 aromatic heterocycles. The average Bonchev–Trinajstić information content (AvgIpc) is 2.54. The smallest absolute Gasteiger partial charge is 0.249 e. The molecule has 23 heavy (non-hydrogen) atoms. The van der Waals surface area contributed by atoms with Gasteiger partial charge in [-0.25, -0.2) is 4.98 Å². The lowest BCUT2D eigenvalue weighted by Gasteiger charge is -2.01. The molecule has 0 atom stereocenters. The number of hydrogen-bond donors (Lipinski definition) is 1. The topological polar surface area (TPSA) is 72.2 Å². The number of benzene rings is 1. The van der Waals surface area contributed by atoms with E-state index in [4.69, 9.17) is 4.42 Å². The number of fused-ring (bicyclic) bond motifs is 1. The summed E-state index contributed by atoms with van der Waals surface area (Å²) < 4.78 is 5.39. The Hall–Kier alpha value is -3.21. The Morgan fingerprint density at radius 3 is 2.83 bits per heavy atom. The van der Waals surface area contributed by atoms with E-state index in [-0.39, 0.29) is 11.3 Å². The van der Waals surface area contributed by atoms with Gasteiger partial charge < -0.3 is 9.73 Å². The number of aryl methyl sites for hydroxylation is 1. The molecule has 0 unspecified atom stereocenters. The third kappa shape index (κ3) is 3.35. The van der Waals surface area contributed by atoms with Crippen LogP contribution < -0.4 is 10.7 Å². The van der Waals surface area contributed by atoms with Crippen molar-refractivity contribution in [3.05, 3.63) is 76.3 Å². The highest BCUT2D eigenvalue weighted by Gasteiger charge is 2.05. The van der Waals surface area contributed by atoms with Gasteiger partial charge in [-0.15, -0.1) is 0 Å². The third-order valence-electron chi connectivity index (χ3n) is 3.26. The van der Waals surface area contributed by atoms with Crippen LogP contribution in [0.5, 0.6) is 0 Å². The SMILES string of the molecule is Cc1cccc(NC(=O)/C=C/c2coc3ccccc3c2=O)n1. The van der Waals surface area contributed by atoms with Crippen molar-refractivity contribution in [2.75, 3.05) is 5.32 Å². The van der Waals surface area contributed by atoms with Crippen molar-refractivity contribution in [1.29, 1.82) is 0 Å². The molecule has 5 nitrogen and oxygen atoms in total. The van der Waals surface area contributed by atoms with Crippen LogP contribution in [0.2, 0.25) is 0 Å². The van der Waals surface area contributed by atoms with E-state index in [2.05, 4.69) is 10.3 Å². The molecule has 0 aliphatic carbocycles. The summed E-state index contributed by atoms with van der Waals surface area (Å²) in [7, 11) is 0. The lowest BCUT2D eigenvalue weighted by molar-refractivity contribution is -0.111. The molecule has 1 aromatic carbocycles. The zero-order valence-corrected chi connectivity index (χ0v) is 12.4. The Morgan fingerprint density at radius 2 is 2.00 bits per heavy atom. The maximum atomic E-state index is 12.3. The summed E-state index contributed by atoms with van der Waals surface area (Å²) in [6.07, 6.45) is 4.06. The van der Waals surface area contributed by atoms with Gasteiger partial charge in [0.2, 0.25) is 5.91 Å². The fraction of sp³-hybridized carbons (Fsp3) is 0.0556. The minimum atomic E-state index is -0.365. The van der Waals surface area contributed by atoms with Crippen molar-refractivity contribution in [3.63, 3.8) is 0 Å². The predicted molar refractivity (Wildman–Crippen MR) is 89.1 cm³/mol. The molecule has 114 valence electrons. The zero-order chi connectivity index (χ0) is 16.2. The van der Waals surface area contributed by atoms with Gasteiger partial charge in [-0.1, -0.05) is 18.2 Å². The van der Waals surface area contributed by atoms with E-state index in [1.54, 1.807) is 36.4 Å². The van der Waals surface area contributed by atoms with E-state index in [1.807, 2.05) is 13.0 Å². The standard InChI is InChI=1S/C18H14N2O3/c1-12-5-4-8-16(19-12)20-17(21)10-9-13-11-23-15-7-3-2-6-14(15)18(13)22/h2-11H,1H3,(H,19,20,21)/b10-9+. The molecule has 0 aliphatic heterocycles. The number of hydrogen-bond acceptors (Lipinski definition) is 4. The minimum Gasteiger partial charge on any atom is -0.463 e. The number of aromatic nitrogens is 1. The molecule has 0 fully saturated rings. The lowest BCUT2D eigenvalue weighted by atomic mass is 10.1. The first kappa shape index (κ1) is 14.7. The van der Waals surface area contributed by atoms with E-state index >= 15 is 0 Å². The van der Waals surface area contributed by atoms with Crippen molar-refractivity contribution in [2.24, 2.45) is 0 Å². The highest BCUT2D eigenvalue weighted by molar-refractivity contribution is 6.01. The van der Waals surface area contributed by atoms with Crippen LogP contribution in [0.15, 0.2) is 64.0 Å². The molecule has 1 amide bonds. The van der Waals surface area contributed by atoms with Gasteiger partial charge in [-0.05, 0) is 37.3 Å². The van der Waals surface area contributed by atoms with Crippen LogP contribution in [0.25, 0.3) is 17.0 Å². The van der Waals surface area contributed by atoms with Gasteiger partial charge in [0.15, 0.2) is 5.43 Å². The number of carbonyl (C=O) groups is 1. The van der Waals surface area contributed by atoms with Crippen LogP contribution in [0.4, 0.5) is 5.82 Å². The molecular weight excluding hydrogens is 292 g/mol. The lowest BCUT2D eigenvalue weighted by Crippen LogP contribution is -2.10. The number of nitrogens with one attached hydrogen (secondary N) is 1. The molecule has 3 rings (SSSR count). The van der Waals surface area contributed by atoms with Crippen molar-refractivity contribution in [1.82, 2.24) is 4.98 Å². The monoisotopic (exact) mass is 306 g/mol. The van der Waals surface area contributed by atoms with Crippen molar-refractivity contribution in [2.45, 2.75) is 6.92 Å². The van der Waals surface area contributed by atoms with Crippen LogP contribution in [-0.4, -0.2) is 10.9 Å². The summed E-state index contributed by atoms with van der Waals surface area (Å²) in [4.78, 5) is 28.4. The normalized spacial score (nSPS) is 11.0. The molecule has 0 saturated carbocycles. The molecule has 0 bridgehead atoms. The number of para-hydroxylation sites is 1. The average molecular weight is 306 g/mol. The highest BCUT2D eigenvalue weighted by atomic mass is 16.3. The fourth-order valence-electron chi connectivity index (χ4n) is 2.15. The first-order chi connectivity index (χ1) is 11.1. The first-order valence-corrected chi connectivity index (χ1v) is 7.07. The maximum Gasteiger partial charge on any atom is 0.249 e. The van der Waals surface area contributed by atoms with Crippen LogP contribution in [-0.2, 0) is 4.79 Å². The third-order valence-corrected chi connectivity index (χ3v) is 3.26. The number of nitrogens with zero attached hydrogens (tertiary/aromatic N) is 1. The molecule has 1 N–H and O–H groups in total. The van der Waals surface area contributed by atoms with Gasteiger partial charge >= 0.3 is 0 Å². The molecule has 3 aromatic rings. The highest BCUT2D eigenvalue weighted by Crippen LogP contribution is 2.11. The molecule has 0 spiro atoms. The van der Waals surface area contributed by atoms with Gasteiger partial charge in [0.1, 0.15) is 17.7 Å². The Morgan fingerprint density at radius 1 is 1.17 bits per heavy atom. The van der Waals surface area contributed by atoms with Gasteiger partial charge in [0.05, 0.1) is 10.9 Å². The summed E-state index contributed by atoms with van der Waals surface area (Å²) >= 11 is 0. The van der Waals surface area contributed by atoms with Crippen LogP contribution in [0.3, 0.4) is 0 Å². The van der Waals surface area contributed by atoms with Gasteiger partial charge in [0, 0.05) is 11.8 Å². The summed E-state index contributed by atoms with van der Waals surface area (Å²) in [6, 6.07) is 12.3. The Kier molecular flexibility index (Phi) is 4.01. The number of pyridine rings is 1. The summed E-state index contributed by atoms with van der Waals surface area (Å²) in [5, 5.41) is 3.12. The summed E-state index contributed by atoms with van der Waals surface area (Å²) in [5.41, 5.74) is 1.46. The largest absolute Gasteiger partial charge is 0.463 e. The van der Waals surface area contributed by atoms with Crippen LogP contribution in [0.1, 0.15) is 11.3 Å². The number of amides is 1. The Balaban J connectivity index is 1.81. The van der Waals surface area contributed by atoms with E-state index in [0.717, 1.165) is 5.69 Å². The van der Waals surface area contributed by atoms with Gasteiger partial charge in [-0.2, -0.15) is 0 Å². The van der Waals surface area contributed by atoms with Crippen molar-refractivity contribution < 1.29 is 9.21 Å². The van der Waals surface area contributed by atoms with E-state index in [1.165, 1.54) is 18.4 Å². The minimum absolute atomic E-state index is 0.176. The van der Waals surface area contributed by atoms with Crippen molar-refractivity contribution in [3.8, 4) is 0 Å². The predicted octanol–water partition coefficient (Wildman–Crippen LogP) is 3.15. The Labute approximate surface area is 132 Å². The maximum absolute atomic E-state index is 12.3.